The lowest BCUT2D eigenvalue weighted by Gasteiger charge is -2.39. The minimum atomic E-state index is -0.0880. The molecule has 2 aliphatic rings. The van der Waals surface area contributed by atoms with Gasteiger partial charge in [-0.3, -0.25) is 9.69 Å². The van der Waals surface area contributed by atoms with E-state index >= 15 is 0 Å². The molecule has 0 unspecified atom stereocenters. The zero-order valence-corrected chi connectivity index (χ0v) is 9.56. The van der Waals surface area contributed by atoms with Gasteiger partial charge in [0.1, 0.15) is 5.75 Å². The molecule has 1 aromatic rings. The van der Waals surface area contributed by atoms with Crippen LogP contribution in [0.4, 0.5) is 0 Å². The summed E-state index contributed by atoms with van der Waals surface area (Å²) in [4.78, 5) is 14.2. The molecule has 0 saturated carbocycles. The second kappa shape index (κ2) is 3.00. The summed E-state index contributed by atoms with van der Waals surface area (Å²) < 4.78 is 5.87. The van der Waals surface area contributed by atoms with Crippen molar-refractivity contribution in [3.05, 3.63) is 29.8 Å². The number of amides is 1. The highest BCUT2D eigenvalue weighted by Crippen LogP contribution is 2.40. The normalized spacial score (nSPS) is 26.0. The lowest BCUT2D eigenvalue weighted by molar-refractivity contribution is 0.00191. The molecule has 0 aliphatic carbocycles. The Bertz CT molecular complexity index is 453. The Kier molecular flexibility index (Phi) is 1.82. The number of rotatable bonds is 0. The quantitative estimate of drug-likeness (QED) is 0.668. The molecule has 0 N–H and O–H groups in total. The summed E-state index contributed by atoms with van der Waals surface area (Å²) in [7, 11) is 0. The van der Waals surface area contributed by atoms with Crippen molar-refractivity contribution in [3.8, 4) is 5.75 Å². The Morgan fingerprint density at radius 2 is 2.12 bits per heavy atom. The van der Waals surface area contributed by atoms with Gasteiger partial charge in [0.15, 0.2) is 6.23 Å². The predicted octanol–water partition coefficient (Wildman–Crippen LogP) is 2.42. The molecular formula is C13H15NO2. The molecule has 0 bridgehead atoms. The zero-order valence-electron chi connectivity index (χ0n) is 9.56. The van der Waals surface area contributed by atoms with E-state index in [1.165, 1.54) is 0 Å². The largest absolute Gasteiger partial charge is 0.470 e. The maximum Gasteiger partial charge on any atom is 0.260 e. The van der Waals surface area contributed by atoms with Gasteiger partial charge in [0.05, 0.1) is 5.56 Å². The molecule has 1 aromatic carbocycles. The molecule has 0 spiro atoms. The van der Waals surface area contributed by atoms with Crippen LogP contribution in [0.25, 0.3) is 0 Å². The van der Waals surface area contributed by atoms with Gasteiger partial charge >= 0.3 is 0 Å². The van der Waals surface area contributed by atoms with Crippen LogP contribution in [-0.4, -0.2) is 22.6 Å². The first kappa shape index (κ1) is 9.70. The third kappa shape index (κ3) is 1.17. The molecule has 1 saturated heterocycles. The van der Waals surface area contributed by atoms with Crippen LogP contribution in [0.2, 0.25) is 0 Å². The molecule has 1 atom stereocenters. The van der Waals surface area contributed by atoms with Gasteiger partial charge in [0.2, 0.25) is 0 Å². The van der Waals surface area contributed by atoms with E-state index in [0.29, 0.717) is 5.56 Å². The first-order chi connectivity index (χ1) is 7.59. The van der Waals surface area contributed by atoms with Crippen molar-refractivity contribution in [1.82, 2.24) is 4.90 Å². The minimum Gasteiger partial charge on any atom is -0.470 e. The van der Waals surface area contributed by atoms with E-state index in [1.807, 2.05) is 29.2 Å². The van der Waals surface area contributed by atoms with Crippen molar-refractivity contribution in [2.75, 3.05) is 0 Å². The molecule has 0 aromatic heterocycles. The molecule has 0 radical (unpaired) electrons. The fourth-order valence-electron chi connectivity index (χ4n) is 2.66. The Labute approximate surface area is 95.0 Å². The summed E-state index contributed by atoms with van der Waals surface area (Å²) in [5, 5.41) is 0. The summed E-state index contributed by atoms with van der Waals surface area (Å²) in [5.41, 5.74) is 0.601. The predicted molar refractivity (Wildman–Crippen MR) is 60.3 cm³/mol. The number of nitrogens with zero attached hydrogens (tertiary/aromatic N) is 1. The monoisotopic (exact) mass is 217 g/mol. The number of para-hydroxylation sites is 1. The number of carbonyl (C=O) groups excluding carboxylic acids is 1. The zero-order chi connectivity index (χ0) is 11.3. The van der Waals surface area contributed by atoms with E-state index in [0.717, 1.165) is 18.6 Å². The number of carbonyl (C=O) groups is 1. The molecule has 3 rings (SSSR count). The molecule has 16 heavy (non-hydrogen) atoms. The lowest BCUT2D eigenvalue weighted by Crippen LogP contribution is -2.51. The number of hydrogen-bond acceptors (Lipinski definition) is 2. The Hall–Kier alpha value is -1.51. The van der Waals surface area contributed by atoms with Crippen molar-refractivity contribution < 1.29 is 9.53 Å². The highest BCUT2D eigenvalue weighted by Gasteiger charge is 2.47. The van der Waals surface area contributed by atoms with Crippen LogP contribution in [0.15, 0.2) is 24.3 Å². The van der Waals surface area contributed by atoms with Gasteiger partial charge in [-0.2, -0.15) is 0 Å². The molecule has 2 aliphatic heterocycles. The van der Waals surface area contributed by atoms with Crippen LogP contribution >= 0.6 is 0 Å². The lowest BCUT2D eigenvalue weighted by atomic mass is 10.0. The minimum absolute atomic E-state index is 0.0719. The molecule has 3 nitrogen and oxygen atoms in total. The summed E-state index contributed by atoms with van der Waals surface area (Å²) in [6.07, 6.45) is 1.85. The van der Waals surface area contributed by atoms with E-state index in [1.54, 1.807) is 0 Å². The van der Waals surface area contributed by atoms with Gasteiger partial charge in [0, 0.05) is 12.0 Å². The number of ether oxygens (including phenoxy) is 1. The Morgan fingerprint density at radius 3 is 2.94 bits per heavy atom. The fourth-order valence-corrected chi connectivity index (χ4v) is 2.66. The van der Waals surface area contributed by atoms with E-state index in [2.05, 4.69) is 13.8 Å². The first-order valence-electron chi connectivity index (χ1n) is 5.69. The van der Waals surface area contributed by atoms with Gasteiger partial charge in [-0.1, -0.05) is 12.1 Å². The van der Waals surface area contributed by atoms with Gasteiger partial charge in [0.25, 0.3) is 5.91 Å². The number of hydrogen-bond donors (Lipinski definition) is 0. The average molecular weight is 217 g/mol. The van der Waals surface area contributed by atoms with Crippen molar-refractivity contribution in [2.24, 2.45) is 0 Å². The van der Waals surface area contributed by atoms with E-state index in [-0.39, 0.29) is 17.7 Å². The summed E-state index contributed by atoms with van der Waals surface area (Å²) in [5.74, 6) is 0.834. The highest BCUT2D eigenvalue weighted by atomic mass is 16.5. The van der Waals surface area contributed by atoms with Crippen LogP contribution in [0, 0.1) is 0 Å². The van der Waals surface area contributed by atoms with Gasteiger partial charge in [-0.25, -0.2) is 0 Å². The summed E-state index contributed by atoms with van der Waals surface area (Å²) in [6, 6.07) is 7.49. The average Bonchev–Trinajstić information content (AvgIpc) is 2.55. The molecule has 1 fully saturated rings. The van der Waals surface area contributed by atoms with Crippen LogP contribution in [0.3, 0.4) is 0 Å². The van der Waals surface area contributed by atoms with Crippen molar-refractivity contribution in [1.29, 1.82) is 0 Å². The Balaban J connectivity index is 2.09. The van der Waals surface area contributed by atoms with Crippen LogP contribution in [0.1, 0.15) is 37.0 Å². The highest BCUT2D eigenvalue weighted by molar-refractivity contribution is 5.98. The molecule has 1 amide bonds. The topological polar surface area (TPSA) is 29.5 Å². The maximum atomic E-state index is 12.4. The summed E-state index contributed by atoms with van der Waals surface area (Å²) in [6.45, 7) is 4.20. The van der Waals surface area contributed by atoms with Gasteiger partial charge in [-0.05, 0) is 32.4 Å². The molecule has 84 valence electrons. The fraction of sp³-hybridized carbons (Fsp3) is 0.462. The third-order valence-electron chi connectivity index (χ3n) is 3.54. The maximum absolute atomic E-state index is 12.4. The SMILES string of the molecule is CC1(C)CC[C@H]2Oc3ccccc3C(=O)N21. The van der Waals surface area contributed by atoms with Crippen LogP contribution in [-0.2, 0) is 0 Å². The van der Waals surface area contributed by atoms with Gasteiger partial charge < -0.3 is 4.74 Å². The van der Waals surface area contributed by atoms with Crippen molar-refractivity contribution in [2.45, 2.75) is 38.5 Å². The standard InChI is InChI=1S/C13H15NO2/c1-13(2)8-7-11-14(13)12(15)9-5-3-4-6-10(9)16-11/h3-6,11H,7-8H2,1-2H3/t11-/m1/s1. The first-order valence-corrected chi connectivity index (χ1v) is 5.69. The van der Waals surface area contributed by atoms with Crippen molar-refractivity contribution >= 4 is 5.91 Å². The van der Waals surface area contributed by atoms with Crippen LogP contribution < -0.4 is 4.74 Å². The smallest absolute Gasteiger partial charge is 0.260 e. The third-order valence-corrected chi connectivity index (χ3v) is 3.54. The van der Waals surface area contributed by atoms with E-state index < -0.39 is 0 Å². The Morgan fingerprint density at radius 1 is 1.38 bits per heavy atom. The summed E-state index contributed by atoms with van der Waals surface area (Å²) >= 11 is 0. The second-order valence-corrected chi connectivity index (χ2v) is 5.09. The second-order valence-electron chi connectivity index (χ2n) is 5.09. The van der Waals surface area contributed by atoms with Crippen LogP contribution in [0.5, 0.6) is 5.75 Å². The van der Waals surface area contributed by atoms with E-state index in [9.17, 15) is 4.79 Å². The molecular weight excluding hydrogens is 202 g/mol. The van der Waals surface area contributed by atoms with E-state index in [4.69, 9.17) is 4.74 Å². The number of benzene rings is 1. The number of fused-ring (bicyclic) bond motifs is 2. The molecule has 2 heterocycles. The van der Waals surface area contributed by atoms with Crippen molar-refractivity contribution in [3.63, 3.8) is 0 Å². The van der Waals surface area contributed by atoms with Gasteiger partial charge in [-0.15, -0.1) is 0 Å². The molecule has 3 heteroatoms.